The fourth-order valence-electron chi connectivity index (χ4n) is 4.89. The largest absolute Gasteiger partial charge is 0.333 e. The number of aromatic nitrogens is 3. The van der Waals surface area contributed by atoms with E-state index in [1.807, 2.05) is 18.2 Å². The summed E-state index contributed by atoms with van der Waals surface area (Å²) in [4.78, 5) is 53.7. The third-order valence-electron chi connectivity index (χ3n) is 6.52. The van der Waals surface area contributed by atoms with Crippen LogP contribution in [-0.2, 0) is 22.7 Å². The van der Waals surface area contributed by atoms with Crippen LogP contribution in [0.25, 0.3) is 0 Å². The van der Waals surface area contributed by atoms with Crippen LogP contribution in [0.2, 0.25) is 5.28 Å². The van der Waals surface area contributed by atoms with Gasteiger partial charge in [-0.3, -0.25) is 19.7 Å². The number of piperidine rings is 2. The maximum absolute atomic E-state index is 13.5. The first-order chi connectivity index (χ1) is 16.0. The van der Waals surface area contributed by atoms with E-state index >= 15 is 0 Å². The number of hydrogen-bond acceptors (Lipinski definition) is 8. The summed E-state index contributed by atoms with van der Waals surface area (Å²) in [6, 6.07) is 5.32. The normalized spacial score (nSPS) is 21.2. The Kier molecular flexibility index (Phi) is 5.94. The molecule has 0 saturated carbocycles. The first kappa shape index (κ1) is 21.7. The molecule has 0 aliphatic carbocycles. The Labute approximate surface area is 195 Å². The van der Waals surface area contributed by atoms with Gasteiger partial charge in [-0.15, -0.1) is 0 Å². The average Bonchev–Trinajstić information content (AvgIpc) is 3.15. The molecule has 33 heavy (non-hydrogen) atoms. The number of nitrogens with one attached hydrogen (secondary N) is 2. The van der Waals surface area contributed by atoms with Gasteiger partial charge in [-0.1, -0.05) is 18.2 Å². The maximum Gasteiger partial charge on any atom is 0.255 e. The van der Waals surface area contributed by atoms with E-state index in [9.17, 15) is 14.4 Å². The van der Waals surface area contributed by atoms with Crippen molar-refractivity contribution < 1.29 is 14.4 Å². The van der Waals surface area contributed by atoms with Crippen LogP contribution in [0.5, 0.6) is 0 Å². The first-order valence-electron chi connectivity index (χ1n) is 11.1. The predicted octanol–water partition coefficient (Wildman–Crippen LogP) is 1.04. The van der Waals surface area contributed by atoms with E-state index in [2.05, 4.69) is 30.5 Å². The second kappa shape index (κ2) is 9.03. The van der Waals surface area contributed by atoms with Crippen molar-refractivity contribution in [3.63, 3.8) is 0 Å². The molecule has 1 unspecified atom stereocenters. The lowest BCUT2D eigenvalue weighted by molar-refractivity contribution is -0.136. The zero-order valence-electron chi connectivity index (χ0n) is 18.0. The highest BCUT2D eigenvalue weighted by Crippen LogP contribution is 2.32. The van der Waals surface area contributed by atoms with Gasteiger partial charge in [0.2, 0.25) is 23.0 Å². The van der Waals surface area contributed by atoms with E-state index < -0.39 is 11.9 Å². The zero-order valence-corrected chi connectivity index (χ0v) is 18.7. The quantitative estimate of drug-likeness (QED) is 0.623. The number of carbonyl (C=O) groups is 3. The van der Waals surface area contributed by atoms with E-state index in [0.29, 0.717) is 31.0 Å². The van der Waals surface area contributed by atoms with Gasteiger partial charge in [0, 0.05) is 31.1 Å². The highest BCUT2D eigenvalue weighted by Gasteiger charge is 2.40. The van der Waals surface area contributed by atoms with Gasteiger partial charge in [-0.25, -0.2) is 9.97 Å². The molecule has 2 saturated heterocycles. The standard InChI is InChI=1S/C22H24ClN7O3/c23-21-25-12-26-22(28-21)29(15-6-8-24-9-7-15)10-13-2-1-3-14-11-30(20(33)18(13)14)16-4-5-17(31)27-19(16)32/h1-3,12,15-16,24H,4-11H2,(H,27,31,32). The van der Waals surface area contributed by atoms with Crippen molar-refractivity contribution in [3.05, 3.63) is 46.5 Å². The minimum absolute atomic E-state index is 0.123. The number of halogens is 1. The average molecular weight is 470 g/mol. The van der Waals surface area contributed by atoms with E-state index in [-0.39, 0.29) is 29.6 Å². The maximum atomic E-state index is 13.5. The SMILES string of the molecule is O=C1CCC(N2Cc3cccc(CN(c4ncnc(Cl)n4)C4CCNCC4)c3C2=O)C(=O)N1. The van der Waals surface area contributed by atoms with Gasteiger partial charge in [0.15, 0.2) is 0 Å². The van der Waals surface area contributed by atoms with E-state index in [1.54, 1.807) is 4.90 Å². The van der Waals surface area contributed by atoms with E-state index in [1.165, 1.54) is 6.33 Å². The second-order valence-corrected chi connectivity index (χ2v) is 8.85. The van der Waals surface area contributed by atoms with Crippen LogP contribution in [0, 0.1) is 0 Å². The molecule has 1 aromatic heterocycles. The van der Waals surface area contributed by atoms with Gasteiger partial charge >= 0.3 is 0 Å². The molecule has 0 radical (unpaired) electrons. The number of imide groups is 1. The highest BCUT2D eigenvalue weighted by atomic mass is 35.5. The number of fused-ring (bicyclic) bond motifs is 1. The summed E-state index contributed by atoms with van der Waals surface area (Å²) in [6.45, 7) is 2.55. The molecule has 10 nitrogen and oxygen atoms in total. The lowest BCUT2D eigenvalue weighted by atomic mass is 10.00. The molecule has 11 heteroatoms. The minimum Gasteiger partial charge on any atom is -0.333 e. The van der Waals surface area contributed by atoms with Crippen LogP contribution in [0.4, 0.5) is 5.95 Å². The summed E-state index contributed by atoms with van der Waals surface area (Å²) in [7, 11) is 0. The smallest absolute Gasteiger partial charge is 0.255 e. The molecule has 2 N–H and O–H groups in total. The molecule has 5 rings (SSSR count). The Morgan fingerprint density at radius 1 is 1.12 bits per heavy atom. The van der Waals surface area contributed by atoms with Gasteiger partial charge < -0.3 is 15.1 Å². The Morgan fingerprint density at radius 2 is 1.94 bits per heavy atom. The zero-order chi connectivity index (χ0) is 22.9. The van der Waals surface area contributed by atoms with Crippen molar-refractivity contribution >= 4 is 35.3 Å². The Bertz CT molecular complexity index is 1110. The second-order valence-electron chi connectivity index (χ2n) is 8.51. The molecule has 0 bridgehead atoms. The lowest BCUT2D eigenvalue weighted by Crippen LogP contribution is -2.52. The molecule has 0 spiro atoms. The van der Waals surface area contributed by atoms with Crippen LogP contribution in [-0.4, -0.2) is 62.7 Å². The van der Waals surface area contributed by atoms with Crippen LogP contribution < -0.4 is 15.5 Å². The van der Waals surface area contributed by atoms with Crippen LogP contribution >= 0.6 is 11.6 Å². The summed E-state index contributed by atoms with van der Waals surface area (Å²) < 4.78 is 0. The molecule has 4 heterocycles. The fourth-order valence-corrected chi connectivity index (χ4v) is 5.01. The van der Waals surface area contributed by atoms with Crippen molar-refractivity contribution in [2.24, 2.45) is 0 Å². The minimum atomic E-state index is -0.640. The number of amides is 3. The Morgan fingerprint density at radius 3 is 2.70 bits per heavy atom. The van der Waals surface area contributed by atoms with Crippen molar-refractivity contribution in [3.8, 4) is 0 Å². The third-order valence-corrected chi connectivity index (χ3v) is 6.70. The summed E-state index contributed by atoms with van der Waals surface area (Å²) in [6.07, 6.45) is 3.78. The van der Waals surface area contributed by atoms with Crippen LogP contribution in [0.1, 0.15) is 47.2 Å². The van der Waals surface area contributed by atoms with Crippen LogP contribution in [0.15, 0.2) is 24.5 Å². The van der Waals surface area contributed by atoms with E-state index in [0.717, 1.165) is 37.1 Å². The first-order valence-corrected chi connectivity index (χ1v) is 11.5. The molecule has 172 valence electrons. The summed E-state index contributed by atoms with van der Waals surface area (Å²) >= 11 is 6.05. The molecule has 2 fully saturated rings. The Hall–Kier alpha value is -3.11. The fraction of sp³-hybridized carbons (Fsp3) is 0.455. The predicted molar refractivity (Wildman–Crippen MR) is 119 cm³/mol. The van der Waals surface area contributed by atoms with E-state index in [4.69, 9.17) is 11.6 Å². The number of carbonyl (C=O) groups excluding carboxylic acids is 3. The number of benzene rings is 1. The van der Waals surface area contributed by atoms with Crippen LogP contribution in [0.3, 0.4) is 0 Å². The Balaban J connectivity index is 1.45. The van der Waals surface area contributed by atoms with Crippen molar-refractivity contribution in [1.82, 2.24) is 30.5 Å². The van der Waals surface area contributed by atoms with Gasteiger partial charge in [0.25, 0.3) is 5.91 Å². The molecular formula is C22H24ClN7O3. The topological polar surface area (TPSA) is 120 Å². The van der Waals surface area contributed by atoms with Gasteiger partial charge in [0.05, 0.1) is 0 Å². The molecule has 3 aliphatic rings. The molecule has 1 atom stereocenters. The molecule has 3 aliphatic heterocycles. The van der Waals surface area contributed by atoms with Crippen molar-refractivity contribution in [2.45, 2.75) is 50.9 Å². The van der Waals surface area contributed by atoms with Gasteiger partial charge in [-0.2, -0.15) is 4.98 Å². The number of hydrogen-bond donors (Lipinski definition) is 2. The van der Waals surface area contributed by atoms with Gasteiger partial charge in [-0.05, 0) is 55.1 Å². The van der Waals surface area contributed by atoms with Gasteiger partial charge in [0.1, 0.15) is 12.4 Å². The summed E-state index contributed by atoms with van der Waals surface area (Å²) in [5, 5.41) is 5.84. The van der Waals surface area contributed by atoms with Crippen molar-refractivity contribution in [1.29, 1.82) is 0 Å². The monoisotopic (exact) mass is 469 g/mol. The summed E-state index contributed by atoms with van der Waals surface area (Å²) in [5.74, 6) is -0.416. The molecule has 1 aromatic carbocycles. The summed E-state index contributed by atoms with van der Waals surface area (Å²) in [5.41, 5.74) is 2.34. The highest BCUT2D eigenvalue weighted by molar-refractivity contribution is 6.28. The number of anilines is 1. The molecule has 2 aromatic rings. The van der Waals surface area contributed by atoms with Crippen molar-refractivity contribution in [2.75, 3.05) is 18.0 Å². The third kappa shape index (κ3) is 4.28. The lowest BCUT2D eigenvalue weighted by Gasteiger charge is -2.35. The number of nitrogens with zero attached hydrogens (tertiary/aromatic N) is 5. The number of rotatable bonds is 5. The molecular weight excluding hydrogens is 446 g/mol. The molecule has 3 amide bonds.